The Kier molecular flexibility index (Phi) is 7.58. The molecule has 40 heavy (non-hydrogen) atoms. The van der Waals surface area contributed by atoms with Gasteiger partial charge >= 0.3 is 5.97 Å². The Morgan fingerprint density at radius 1 is 1.10 bits per heavy atom. The summed E-state index contributed by atoms with van der Waals surface area (Å²) >= 11 is 0. The third-order valence-electron chi connectivity index (χ3n) is 6.74. The van der Waals surface area contributed by atoms with Gasteiger partial charge in [-0.15, -0.1) is 6.42 Å². The van der Waals surface area contributed by atoms with Crippen molar-refractivity contribution < 1.29 is 14.3 Å². The number of nitrogens with one attached hydrogen (secondary N) is 1. The van der Waals surface area contributed by atoms with E-state index in [0.29, 0.717) is 24.7 Å². The smallest absolute Gasteiger partial charge is 0.320 e. The van der Waals surface area contributed by atoms with Crippen molar-refractivity contribution >= 4 is 45.7 Å². The maximum absolute atomic E-state index is 12.8. The maximum atomic E-state index is 12.8. The summed E-state index contributed by atoms with van der Waals surface area (Å²) in [6.45, 7) is 4.97. The van der Waals surface area contributed by atoms with Crippen molar-refractivity contribution in [1.82, 2.24) is 14.9 Å². The third kappa shape index (κ3) is 5.85. The number of nitrogens with zero attached hydrogens (tertiary/aromatic N) is 4. The minimum Gasteiger partial charge on any atom is -0.463 e. The Hall–Kier alpha value is -5.00. The van der Waals surface area contributed by atoms with E-state index >= 15 is 0 Å². The van der Waals surface area contributed by atoms with Gasteiger partial charge in [-0.05, 0) is 62.4 Å². The molecule has 1 saturated heterocycles. The molecule has 2 heterocycles. The molecule has 8 nitrogen and oxygen atoms in total. The first-order valence-electron chi connectivity index (χ1n) is 12.9. The zero-order valence-electron chi connectivity index (χ0n) is 22.4. The number of fused-ring (bicyclic) bond motifs is 1. The number of benzene rings is 3. The van der Waals surface area contributed by atoms with Crippen LogP contribution in [0.3, 0.4) is 0 Å². The van der Waals surface area contributed by atoms with E-state index in [4.69, 9.17) is 11.2 Å². The molecule has 4 aromatic rings. The maximum Gasteiger partial charge on any atom is 0.320 e. The first kappa shape index (κ1) is 26.6. The largest absolute Gasteiger partial charge is 0.463 e. The van der Waals surface area contributed by atoms with Gasteiger partial charge in [-0.25, -0.2) is 9.97 Å². The molecule has 0 spiro atoms. The number of amides is 1. The minimum atomic E-state index is -0.298. The van der Waals surface area contributed by atoms with Crippen LogP contribution in [0.25, 0.3) is 10.9 Å². The Balaban J connectivity index is 1.43. The number of carbonyl (C=O) groups is 2. The Bertz CT molecular complexity index is 1620. The molecule has 8 heteroatoms. The third-order valence-corrected chi connectivity index (χ3v) is 6.74. The standard InChI is InChI=1S/C32H29N5O3/c1-4-23-10-8-13-26(18-23)37(25-11-6-5-7-12-25)31-27-19-24(15-16-28(27)33-22-34-31)35-29(38)14-9-17-36-20-30(39)40-21-32(36,2)3/h1,5-16,18-19,22H,17,20-21H2,2-3H3,(H,35,38). The molecule has 200 valence electrons. The van der Waals surface area contributed by atoms with Gasteiger partial charge in [-0.2, -0.15) is 0 Å². The molecule has 1 aliphatic heterocycles. The second-order valence-corrected chi connectivity index (χ2v) is 10.0. The highest BCUT2D eigenvalue weighted by molar-refractivity contribution is 6.02. The fourth-order valence-electron chi connectivity index (χ4n) is 4.55. The highest BCUT2D eigenvalue weighted by Gasteiger charge is 2.33. The molecule has 1 N–H and O–H groups in total. The molecule has 0 unspecified atom stereocenters. The van der Waals surface area contributed by atoms with Crippen molar-refractivity contribution in [1.29, 1.82) is 0 Å². The van der Waals surface area contributed by atoms with Crippen molar-refractivity contribution in [3.05, 3.63) is 96.8 Å². The lowest BCUT2D eigenvalue weighted by Crippen LogP contribution is -2.54. The average molecular weight is 532 g/mol. The quantitative estimate of drug-likeness (QED) is 0.199. The number of aromatic nitrogens is 2. The molecule has 1 aromatic heterocycles. The van der Waals surface area contributed by atoms with Crippen molar-refractivity contribution in [2.75, 3.05) is 29.9 Å². The lowest BCUT2D eigenvalue weighted by molar-refractivity contribution is -0.159. The van der Waals surface area contributed by atoms with Crippen molar-refractivity contribution in [2.45, 2.75) is 19.4 Å². The van der Waals surface area contributed by atoms with Gasteiger partial charge in [0.1, 0.15) is 18.8 Å². The van der Waals surface area contributed by atoms with E-state index in [-0.39, 0.29) is 24.0 Å². The van der Waals surface area contributed by atoms with Crippen LogP contribution in [0.2, 0.25) is 0 Å². The fraction of sp³-hybridized carbons (Fsp3) is 0.188. The zero-order chi connectivity index (χ0) is 28.1. The lowest BCUT2D eigenvalue weighted by Gasteiger charge is -2.40. The van der Waals surface area contributed by atoms with Gasteiger partial charge in [0.15, 0.2) is 0 Å². The molecule has 1 fully saturated rings. The number of para-hydroxylation sites is 1. The van der Waals surface area contributed by atoms with Crippen molar-refractivity contribution in [3.63, 3.8) is 0 Å². The van der Waals surface area contributed by atoms with Crippen LogP contribution in [0.15, 0.2) is 91.3 Å². The van der Waals surface area contributed by atoms with Crippen LogP contribution >= 0.6 is 0 Å². The van der Waals surface area contributed by atoms with E-state index in [1.165, 1.54) is 12.4 Å². The number of ether oxygens (including phenoxy) is 1. The van der Waals surface area contributed by atoms with Crippen molar-refractivity contribution in [3.8, 4) is 12.3 Å². The van der Waals surface area contributed by atoms with Gasteiger partial charge < -0.3 is 10.1 Å². The van der Waals surface area contributed by atoms with E-state index in [1.54, 1.807) is 12.1 Å². The molecule has 0 bridgehead atoms. The summed E-state index contributed by atoms with van der Waals surface area (Å²) in [5.74, 6) is 2.80. The summed E-state index contributed by atoms with van der Waals surface area (Å²) in [5, 5.41) is 3.69. The Labute approximate surface area is 233 Å². The molecule has 0 atom stereocenters. The van der Waals surface area contributed by atoms with Crippen LogP contribution in [-0.2, 0) is 14.3 Å². The van der Waals surface area contributed by atoms with Crippen LogP contribution in [-0.4, -0.2) is 52.0 Å². The van der Waals surface area contributed by atoms with E-state index in [0.717, 1.165) is 27.8 Å². The molecule has 0 saturated carbocycles. The van der Waals surface area contributed by atoms with Gasteiger partial charge in [0.25, 0.3) is 0 Å². The molecule has 0 aliphatic carbocycles. The number of hydrogen-bond acceptors (Lipinski definition) is 7. The van der Waals surface area contributed by atoms with Crippen LogP contribution in [0.5, 0.6) is 0 Å². The monoisotopic (exact) mass is 531 g/mol. The number of terminal acetylenes is 1. The summed E-state index contributed by atoms with van der Waals surface area (Å²) in [7, 11) is 0. The minimum absolute atomic E-state index is 0.189. The normalized spacial score (nSPS) is 15.0. The molecule has 5 rings (SSSR count). The zero-order valence-corrected chi connectivity index (χ0v) is 22.4. The molecule has 1 amide bonds. The fourth-order valence-corrected chi connectivity index (χ4v) is 4.55. The summed E-state index contributed by atoms with van der Waals surface area (Å²) in [5.41, 5.74) is 3.54. The van der Waals surface area contributed by atoms with E-state index in [2.05, 4.69) is 21.2 Å². The van der Waals surface area contributed by atoms with Gasteiger partial charge in [0.2, 0.25) is 5.91 Å². The molecular formula is C32H29N5O3. The highest BCUT2D eigenvalue weighted by Crippen LogP contribution is 2.37. The number of rotatable bonds is 7. The summed E-state index contributed by atoms with van der Waals surface area (Å²) in [4.78, 5) is 37.6. The van der Waals surface area contributed by atoms with Crippen LogP contribution in [0, 0.1) is 12.3 Å². The number of esters is 1. The van der Waals surface area contributed by atoms with Gasteiger partial charge in [-0.1, -0.05) is 36.3 Å². The predicted molar refractivity (Wildman–Crippen MR) is 157 cm³/mol. The average Bonchev–Trinajstić information content (AvgIpc) is 2.96. The predicted octanol–water partition coefficient (Wildman–Crippen LogP) is 5.21. The van der Waals surface area contributed by atoms with Crippen LogP contribution in [0.1, 0.15) is 19.4 Å². The summed E-state index contributed by atoms with van der Waals surface area (Å²) in [6.07, 6.45) is 10.4. The number of cyclic esters (lactones) is 1. The van der Waals surface area contributed by atoms with E-state index in [1.807, 2.05) is 90.4 Å². The van der Waals surface area contributed by atoms with Crippen LogP contribution < -0.4 is 10.2 Å². The van der Waals surface area contributed by atoms with E-state index in [9.17, 15) is 9.59 Å². The number of hydrogen-bond donors (Lipinski definition) is 1. The Morgan fingerprint density at radius 3 is 2.70 bits per heavy atom. The summed E-state index contributed by atoms with van der Waals surface area (Å²) < 4.78 is 5.15. The molecule has 1 aliphatic rings. The Morgan fingerprint density at radius 2 is 1.90 bits per heavy atom. The lowest BCUT2D eigenvalue weighted by atomic mass is 10.0. The van der Waals surface area contributed by atoms with Crippen LogP contribution in [0.4, 0.5) is 22.9 Å². The van der Waals surface area contributed by atoms with Crippen molar-refractivity contribution in [2.24, 2.45) is 0 Å². The first-order chi connectivity index (χ1) is 19.3. The summed E-state index contributed by atoms with van der Waals surface area (Å²) in [6, 6.07) is 23.1. The molecule has 0 radical (unpaired) electrons. The second kappa shape index (κ2) is 11.4. The number of morpholine rings is 1. The molecule has 3 aromatic carbocycles. The second-order valence-electron chi connectivity index (χ2n) is 10.0. The number of carbonyl (C=O) groups excluding carboxylic acids is 2. The van der Waals surface area contributed by atoms with Gasteiger partial charge in [0.05, 0.1) is 17.6 Å². The first-order valence-corrected chi connectivity index (χ1v) is 12.9. The number of anilines is 4. The van der Waals surface area contributed by atoms with E-state index < -0.39 is 0 Å². The van der Waals surface area contributed by atoms with Gasteiger partial charge in [0, 0.05) is 40.6 Å². The van der Waals surface area contributed by atoms with Gasteiger partial charge in [-0.3, -0.25) is 19.4 Å². The molecular weight excluding hydrogens is 502 g/mol. The SMILES string of the molecule is C#Cc1cccc(N(c2ccccc2)c2ncnc3ccc(NC(=O)C=CCN4CC(=O)OCC4(C)C)cc23)c1. The topological polar surface area (TPSA) is 87.7 Å². The highest BCUT2D eigenvalue weighted by atomic mass is 16.5.